The molecule has 27 heavy (non-hydrogen) atoms. The normalized spacial score (nSPS) is 12.4. The molecule has 2 aromatic rings. The second-order valence-corrected chi connectivity index (χ2v) is 6.73. The minimum Gasteiger partial charge on any atom is -0.374 e. The van der Waals surface area contributed by atoms with Crippen LogP contribution in [0.2, 0.25) is 0 Å². The molecule has 0 spiro atoms. The van der Waals surface area contributed by atoms with Gasteiger partial charge in [-0.3, -0.25) is 0 Å². The van der Waals surface area contributed by atoms with Gasteiger partial charge in [0.2, 0.25) is 0 Å². The highest BCUT2D eigenvalue weighted by molar-refractivity contribution is 5.28. The summed E-state index contributed by atoms with van der Waals surface area (Å²) in [6, 6.07) is 13.9. The van der Waals surface area contributed by atoms with Gasteiger partial charge < -0.3 is 10.1 Å². The molecule has 0 heterocycles. The zero-order valence-corrected chi connectivity index (χ0v) is 16.2. The van der Waals surface area contributed by atoms with Crippen LogP contribution in [0.1, 0.15) is 48.9 Å². The van der Waals surface area contributed by atoms with Crippen LogP contribution >= 0.6 is 0 Å². The predicted molar refractivity (Wildman–Crippen MR) is 103 cm³/mol. The van der Waals surface area contributed by atoms with Gasteiger partial charge in [-0.1, -0.05) is 56.3 Å². The van der Waals surface area contributed by atoms with Crippen molar-refractivity contribution in [1.82, 2.24) is 5.32 Å². The molecule has 0 atom stereocenters. The van der Waals surface area contributed by atoms with Gasteiger partial charge in [0.25, 0.3) is 0 Å². The summed E-state index contributed by atoms with van der Waals surface area (Å²) in [7, 11) is 1.75. The Bertz CT molecular complexity index is 698. The summed E-state index contributed by atoms with van der Waals surface area (Å²) in [5, 5.41) is 3.30. The maximum atomic E-state index is 12.7. The lowest BCUT2D eigenvalue weighted by Gasteiger charge is -2.31. The number of hydrogen-bond acceptors (Lipinski definition) is 2. The van der Waals surface area contributed by atoms with Crippen molar-refractivity contribution in [2.45, 2.75) is 51.4 Å². The number of halogens is 3. The Kier molecular flexibility index (Phi) is 7.45. The third kappa shape index (κ3) is 5.56. The Balaban J connectivity index is 1.88. The summed E-state index contributed by atoms with van der Waals surface area (Å²) in [4.78, 5) is 0. The van der Waals surface area contributed by atoms with E-state index in [4.69, 9.17) is 4.74 Å². The highest BCUT2D eigenvalue weighted by Gasteiger charge is 2.30. The van der Waals surface area contributed by atoms with E-state index in [0.29, 0.717) is 25.1 Å². The van der Waals surface area contributed by atoms with Crippen LogP contribution in [-0.4, -0.2) is 13.7 Å². The van der Waals surface area contributed by atoms with Crippen molar-refractivity contribution in [3.05, 3.63) is 70.8 Å². The first kappa shape index (κ1) is 21.5. The monoisotopic (exact) mass is 379 g/mol. The molecule has 0 saturated carbocycles. The molecule has 2 nitrogen and oxygen atoms in total. The van der Waals surface area contributed by atoms with Crippen molar-refractivity contribution in [1.29, 1.82) is 0 Å². The van der Waals surface area contributed by atoms with Crippen LogP contribution in [0, 0.1) is 0 Å². The van der Waals surface area contributed by atoms with Gasteiger partial charge in [0.15, 0.2) is 0 Å². The van der Waals surface area contributed by atoms with Crippen molar-refractivity contribution < 1.29 is 17.9 Å². The topological polar surface area (TPSA) is 21.3 Å². The lowest BCUT2D eigenvalue weighted by atomic mass is 9.88. The van der Waals surface area contributed by atoms with Crippen molar-refractivity contribution in [3.8, 4) is 0 Å². The van der Waals surface area contributed by atoms with E-state index in [-0.39, 0.29) is 5.60 Å². The second-order valence-electron chi connectivity index (χ2n) is 6.73. The standard InChI is InChI=1S/C22H28F3NO/c1-4-21(5-2,27-3)19-11-9-18(10-12-19)16-26-14-13-17-7-6-8-20(15-17)22(23,24)25/h6-12,15,26H,4-5,13-14,16H2,1-3H3. The first-order valence-corrected chi connectivity index (χ1v) is 9.36. The van der Waals surface area contributed by atoms with Gasteiger partial charge in [-0.25, -0.2) is 0 Å². The first-order valence-electron chi connectivity index (χ1n) is 9.36. The van der Waals surface area contributed by atoms with E-state index in [2.05, 4.69) is 43.4 Å². The van der Waals surface area contributed by atoms with E-state index >= 15 is 0 Å². The zero-order valence-electron chi connectivity index (χ0n) is 16.2. The summed E-state index contributed by atoms with van der Waals surface area (Å²) >= 11 is 0. The summed E-state index contributed by atoms with van der Waals surface area (Å²) < 4.78 is 44.0. The predicted octanol–water partition coefficient (Wildman–Crippen LogP) is 5.70. The van der Waals surface area contributed by atoms with Gasteiger partial charge in [-0.05, 0) is 48.6 Å². The summed E-state index contributed by atoms with van der Waals surface area (Å²) in [5.41, 5.74) is 2.16. The molecule has 0 aliphatic heterocycles. The lowest BCUT2D eigenvalue weighted by molar-refractivity contribution is -0.137. The molecule has 0 radical (unpaired) electrons. The molecule has 2 aromatic carbocycles. The van der Waals surface area contributed by atoms with Crippen molar-refractivity contribution >= 4 is 0 Å². The number of nitrogens with one attached hydrogen (secondary N) is 1. The van der Waals surface area contributed by atoms with Gasteiger partial charge >= 0.3 is 6.18 Å². The zero-order chi connectivity index (χ0) is 19.9. The Morgan fingerprint density at radius 3 is 2.11 bits per heavy atom. The van der Waals surface area contributed by atoms with E-state index in [0.717, 1.165) is 24.5 Å². The van der Waals surface area contributed by atoms with E-state index in [1.54, 1.807) is 13.2 Å². The lowest BCUT2D eigenvalue weighted by Crippen LogP contribution is -2.26. The number of alkyl halides is 3. The largest absolute Gasteiger partial charge is 0.416 e. The quantitative estimate of drug-likeness (QED) is 0.564. The highest BCUT2D eigenvalue weighted by atomic mass is 19.4. The highest BCUT2D eigenvalue weighted by Crippen LogP contribution is 2.32. The van der Waals surface area contributed by atoms with Crippen molar-refractivity contribution in [2.24, 2.45) is 0 Å². The molecule has 1 N–H and O–H groups in total. The van der Waals surface area contributed by atoms with Gasteiger partial charge in [0.1, 0.15) is 0 Å². The Hall–Kier alpha value is -1.85. The van der Waals surface area contributed by atoms with E-state index < -0.39 is 11.7 Å². The Morgan fingerprint density at radius 1 is 0.889 bits per heavy atom. The molecule has 2 rings (SSSR count). The van der Waals surface area contributed by atoms with Crippen LogP contribution in [0.4, 0.5) is 13.2 Å². The van der Waals surface area contributed by atoms with E-state index in [1.165, 1.54) is 17.7 Å². The molecular formula is C22H28F3NO. The van der Waals surface area contributed by atoms with Crippen LogP contribution in [0.3, 0.4) is 0 Å². The summed E-state index contributed by atoms with van der Waals surface area (Å²) in [6.07, 6.45) is -1.91. The third-order valence-corrected chi connectivity index (χ3v) is 5.19. The molecule has 148 valence electrons. The first-order chi connectivity index (χ1) is 12.8. The second kappa shape index (κ2) is 9.38. The average Bonchev–Trinajstić information content (AvgIpc) is 2.68. The molecule has 0 aliphatic rings. The van der Waals surface area contributed by atoms with Crippen LogP contribution in [-0.2, 0) is 29.5 Å². The molecule has 5 heteroatoms. The fourth-order valence-electron chi connectivity index (χ4n) is 3.36. The minimum absolute atomic E-state index is 0.241. The van der Waals surface area contributed by atoms with Crippen LogP contribution < -0.4 is 5.32 Å². The maximum Gasteiger partial charge on any atom is 0.416 e. The van der Waals surface area contributed by atoms with Crippen LogP contribution in [0.25, 0.3) is 0 Å². The van der Waals surface area contributed by atoms with Crippen LogP contribution in [0.15, 0.2) is 48.5 Å². The van der Waals surface area contributed by atoms with Gasteiger partial charge in [-0.2, -0.15) is 13.2 Å². The molecule has 0 unspecified atom stereocenters. The summed E-state index contributed by atoms with van der Waals surface area (Å²) in [5.74, 6) is 0. The van der Waals surface area contributed by atoms with Crippen molar-refractivity contribution in [2.75, 3.05) is 13.7 Å². The molecule has 0 aliphatic carbocycles. The van der Waals surface area contributed by atoms with Gasteiger partial charge in [-0.15, -0.1) is 0 Å². The fraction of sp³-hybridized carbons (Fsp3) is 0.455. The molecule has 0 amide bonds. The fourth-order valence-corrected chi connectivity index (χ4v) is 3.36. The van der Waals surface area contributed by atoms with Gasteiger partial charge in [0, 0.05) is 13.7 Å². The minimum atomic E-state index is -4.29. The van der Waals surface area contributed by atoms with Crippen LogP contribution in [0.5, 0.6) is 0 Å². The Morgan fingerprint density at radius 2 is 1.56 bits per heavy atom. The van der Waals surface area contributed by atoms with E-state index in [9.17, 15) is 13.2 Å². The molecule has 0 bridgehead atoms. The molecule has 0 fully saturated rings. The number of ether oxygens (including phenoxy) is 1. The molecular weight excluding hydrogens is 351 g/mol. The maximum absolute atomic E-state index is 12.7. The van der Waals surface area contributed by atoms with Gasteiger partial charge in [0.05, 0.1) is 11.2 Å². The number of methoxy groups -OCH3 is 1. The summed E-state index contributed by atoms with van der Waals surface area (Å²) in [6.45, 7) is 5.54. The number of hydrogen-bond donors (Lipinski definition) is 1. The average molecular weight is 379 g/mol. The van der Waals surface area contributed by atoms with Crippen molar-refractivity contribution in [3.63, 3.8) is 0 Å². The SMILES string of the molecule is CCC(CC)(OC)c1ccc(CNCCc2cccc(C(F)(F)F)c2)cc1. The molecule has 0 saturated heterocycles. The Labute approximate surface area is 159 Å². The smallest absolute Gasteiger partial charge is 0.374 e. The number of benzene rings is 2. The molecule has 0 aromatic heterocycles. The third-order valence-electron chi connectivity index (χ3n) is 5.19. The van der Waals surface area contributed by atoms with E-state index in [1.807, 2.05) is 0 Å². The number of rotatable bonds is 9.